The zero-order chi connectivity index (χ0) is 11.7. The van der Waals surface area contributed by atoms with E-state index in [1.165, 1.54) is 0 Å². The monoisotopic (exact) mass is 216 g/mol. The highest BCUT2D eigenvalue weighted by Gasteiger charge is 2.34. The molecule has 3 nitrogen and oxygen atoms in total. The summed E-state index contributed by atoms with van der Waals surface area (Å²) in [6.45, 7) is 6.29. The molecule has 90 valence electrons. The Labute approximate surface area is 92.8 Å². The van der Waals surface area contributed by atoms with E-state index in [0.29, 0.717) is 19.4 Å². The molecule has 0 aliphatic rings. The Morgan fingerprint density at radius 2 is 1.87 bits per heavy atom. The van der Waals surface area contributed by atoms with Gasteiger partial charge in [-0.2, -0.15) is 0 Å². The number of carbonyl (C=O) groups excluding carboxylic acids is 1. The Hall–Kier alpha value is -0.570. The molecule has 0 fully saturated rings. The molecule has 0 bridgehead atoms. The van der Waals surface area contributed by atoms with Crippen LogP contribution < -0.4 is 0 Å². The predicted octanol–water partition coefficient (Wildman–Crippen LogP) is 2.66. The first kappa shape index (κ1) is 14.4. The molecule has 0 aromatic rings. The highest BCUT2D eigenvalue weighted by atomic mass is 16.5. The van der Waals surface area contributed by atoms with Gasteiger partial charge in [-0.05, 0) is 19.3 Å². The normalized spacial score (nSPS) is 14.7. The van der Waals surface area contributed by atoms with E-state index in [9.17, 15) is 9.90 Å². The molecule has 0 aliphatic heterocycles. The van der Waals surface area contributed by atoms with Crippen molar-refractivity contribution in [1.29, 1.82) is 0 Å². The number of aliphatic hydroxyl groups is 1. The summed E-state index contributed by atoms with van der Waals surface area (Å²) in [6, 6.07) is 0. The van der Waals surface area contributed by atoms with Gasteiger partial charge in [-0.3, -0.25) is 0 Å². The van der Waals surface area contributed by atoms with Crippen LogP contribution in [0.4, 0.5) is 0 Å². The van der Waals surface area contributed by atoms with Crippen molar-refractivity contribution in [3.05, 3.63) is 0 Å². The summed E-state index contributed by atoms with van der Waals surface area (Å²) in [5.74, 6) is -0.456. The summed E-state index contributed by atoms with van der Waals surface area (Å²) in [4.78, 5) is 11.6. The molecule has 0 radical (unpaired) electrons. The van der Waals surface area contributed by atoms with Crippen LogP contribution in [0, 0.1) is 0 Å². The summed E-state index contributed by atoms with van der Waals surface area (Å²) >= 11 is 0. The largest absolute Gasteiger partial charge is 0.464 e. The van der Waals surface area contributed by atoms with Crippen molar-refractivity contribution in [2.75, 3.05) is 6.61 Å². The molecule has 0 aliphatic carbocycles. The van der Waals surface area contributed by atoms with Gasteiger partial charge in [0.1, 0.15) is 0 Å². The van der Waals surface area contributed by atoms with Crippen LogP contribution in [0.2, 0.25) is 0 Å². The molecule has 0 saturated heterocycles. The Kier molecular flexibility index (Phi) is 7.39. The number of rotatable bonds is 8. The second-order valence-corrected chi connectivity index (χ2v) is 3.98. The maximum atomic E-state index is 11.6. The van der Waals surface area contributed by atoms with E-state index in [1.807, 2.05) is 13.8 Å². The number of esters is 1. The third kappa shape index (κ3) is 5.17. The molecule has 1 atom stereocenters. The lowest BCUT2D eigenvalue weighted by molar-refractivity contribution is -0.166. The molecule has 0 amide bonds. The van der Waals surface area contributed by atoms with Crippen LogP contribution in [-0.2, 0) is 9.53 Å². The van der Waals surface area contributed by atoms with Gasteiger partial charge in [0.2, 0.25) is 0 Å². The first-order valence-corrected chi connectivity index (χ1v) is 6.00. The van der Waals surface area contributed by atoms with Crippen molar-refractivity contribution >= 4 is 5.97 Å². The first-order valence-electron chi connectivity index (χ1n) is 6.00. The molecule has 0 spiro atoms. The van der Waals surface area contributed by atoms with E-state index < -0.39 is 11.6 Å². The van der Waals surface area contributed by atoms with Crippen molar-refractivity contribution in [3.8, 4) is 0 Å². The highest BCUT2D eigenvalue weighted by molar-refractivity contribution is 5.79. The van der Waals surface area contributed by atoms with E-state index in [4.69, 9.17) is 4.74 Å². The number of hydrogen-bond donors (Lipinski definition) is 1. The van der Waals surface area contributed by atoms with Crippen molar-refractivity contribution in [2.45, 2.75) is 64.9 Å². The van der Waals surface area contributed by atoms with Crippen LogP contribution in [0.15, 0.2) is 0 Å². The molecule has 1 unspecified atom stereocenters. The first-order chi connectivity index (χ1) is 7.10. The summed E-state index contributed by atoms with van der Waals surface area (Å²) in [5.41, 5.74) is -1.26. The lowest BCUT2D eigenvalue weighted by atomic mass is 9.95. The minimum Gasteiger partial charge on any atom is -0.464 e. The van der Waals surface area contributed by atoms with Gasteiger partial charge in [0.25, 0.3) is 0 Å². The van der Waals surface area contributed by atoms with Gasteiger partial charge in [-0.25, -0.2) is 4.79 Å². The predicted molar refractivity (Wildman–Crippen MR) is 60.6 cm³/mol. The standard InChI is InChI=1S/C12H24O3/c1-4-7-8-10-15-11(13)12(14,6-3)9-5-2/h14H,4-10H2,1-3H3. The van der Waals surface area contributed by atoms with Crippen molar-refractivity contribution in [2.24, 2.45) is 0 Å². The van der Waals surface area contributed by atoms with Crippen LogP contribution in [0.5, 0.6) is 0 Å². The molecule has 0 aromatic heterocycles. The lowest BCUT2D eigenvalue weighted by Crippen LogP contribution is -2.39. The summed E-state index contributed by atoms with van der Waals surface area (Å²) in [7, 11) is 0. The Morgan fingerprint density at radius 3 is 2.33 bits per heavy atom. The van der Waals surface area contributed by atoms with E-state index in [1.54, 1.807) is 0 Å². The second kappa shape index (κ2) is 7.69. The molecular weight excluding hydrogens is 192 g/mol. The van der Waals surface area contributed by atoms with Gasteiger partial charge in [0.05, 0.1) is 6.61 Å². The zero-order valence-corrected chi connectivity index (χ0v) is 10.2. The molecule has 0 aromatic carbocycles. The number of ether oxygens (including phenoxy) is 1. The van der Waals surface area contributed by atoms with Crippen LogP contribution in [-0.4, -0.2) is 23.3 Å². The second-order valence-electron chi connectivity index (χ2n) is 3.98. The van der Waals surface area contributed by atoms with Gasteiger partial charge >= 0.3 is 5.97 Å². The fourth-order valence-electron chi connectivity index (χ4n) is 1.49. The van der Waals surface area contributed by atoms with Crippen LogP contribution in [0.25, 0.3) is 0 Å². The van der Waals surface area contributed by atoms with E-state index >= 15 is 0 Å². The molecule has 1 N–H and O–H groups in total. The summed E-state index contributed by atoms with van der Waals surface area (Å²) in [6.07, 6.45) is 4.74. The number of unbranched alkanes of at least 4 members (excludes halogenated alkanes) is 2. The smallest absolute Gasteiger partial charge is 0.338 e. The van der Waals surface area contributed by atoms with Crippen molar-refractivity contribution in [3.63, 3.8) is 0 Å². The van der Waals surface area contributed by atoms with Gasteiger partial charge in [0, 0.05) is 0 Å². The highest BCUT2D eigenvalue weighted by Crippen LogP contribution is 2.19. The molecular formula is C12H24O3. The fraction of sp³-hybridized carbons (Fsp3) is 0.917. The molecule has 0 heterocycles. The quantitative estimate of drug-likeness (QED) is 0.501. The van der Waals surface area contributed by atoms with E-state index in [-0.39, 0.29) is 0 Å². The summed E-state index contributed by atoms with van der Waals surface area (Å²) < 4.78 is 5.06. The van der Waals surface area contributed by atoms with Gasteiger partial charge in [0.15, 0.2) is 5.60 Å². The minimum absolute atomic E-state index is 0.424. The molecule has 0 saturated carbocycles. The Bertz CT molecular complexity index is 180. The topological polar surface area (TPSA) is 46.5 Å². The number of hydrogen-bond acceptors (Lipinski definition) is 3. The third-order valence-electron chi connectivity index (χ3n) is 2.61. The number of carbonyl (C=O) groups is 1. The van der Waals surface area contributed by atoms with Gasteiger partial charge in [-0.15, -0.1) is 0 Å². The van der Waals surface area contributed by atoms with E-state index in [2.05, 4.69) is 6.92 Å². The minimum atomic E-state index is -1.26. The van der Waals surface area contributed by atoms with Crippen molar-refractivity contribution in [1.82, 2.24) is 0 Å². The molecule has 0 rings (SSSR count). The lowest BCUT2D eigenvalue weighted by Gasteiger charge is -2.23. The molecule has 3 heteroatoms. The van der Waals surface area contributed by atoms with Crippen molar-refractivity contribution < 1.29 is 14.6 Å². The molecule has 15 heavy (non-hydrogen) atoms. The summed E-state index contributed by atoms with van der Waals surface area (Å²) in [5, 5.41) is 9.97. The average molecular weight is 216 g/mol. The SMILES string of the molecule is CCCCCOC(=O)C(O)(CC)CCC. The fourth-order valence-corrected chi connectivity index (χ4v) is 1.49. The average Bonchev–Trinajstić information content (AvgIpc) is 2.24. The zero-order valence-electron chi connectivity index (χ0n) is 10.2. The van der Waals surface area contributed by atoms with Crippen LogP contribution >= 0.6 is 0 Å². The van der Waals surface area contributed by atoms with Crippen LogP contribution in [0.3, 0.4) is 0 Å². The van der Waals surface area contributed by atoms with Gasteiger partial charge in [-0.1, -0.05) is 40.0 Å². The Morgan fingerprint density at radius 1 is 1.20 bits per heavy atom. The Balaban J connectivity index is 3.93. The third-order valence-corrected chi connectivity index (χ3v) is 2.61. The maximum Gasteiger partial charge on any atom is 0.338 e. The van der Waals surface area contributed by atoms with E-state index in [0.717, 1.165) is 25.7 Å². The van der Waals surface area contributed by atoms with Gasteiger partial charge < -0.3 is 9.84 Å². The van der Waals surface area contributed by atoms with Crippen LogP contribution in [0.1, 0.15) is 59.3 Å². The maximum absolute atomic E-state index is 11.6.